The van der Waals surface area contributed by atoms with Gasteiger partial charge in [-0.25, -0.2) is 0 Å². The molecule has 22 heavy (non-hydrogen) atoms. The lowest BCUT2D eigenvalue weighted by Crippen LogP contribution is -2.12. The van der Waals surface area contributed by atoms with Crippen molar-refractivity contribution in [2.24, 2.45) is 0 Å². The van der Waals surface area contributed by atoms with Crippen LogP contribution in [0.2, 0.25) is 0 Å². The molecular weight excluding hydrogens is 278 g/mol. The van der Waals surface area contributed by atoms with E-state index in [1.54, 1.807) is 25.3 Å². The van der Waals surface area contributed by atoms with Crippen LogP contribution in [-0.4, -0.2) is 19.6 Å². The van der Waals surface area contributed by atoms with E-state index in [4.69, 9.17) is 9.47 Å². The van der Waals surface area contributed by atoms with Crippen molar-refractivity contribution in [1.29, 1.82) is 0 Å². The fourth-order valence-electron chi connectivity index (χ4n) is 2.33. The standard InChI is InChI=1S/C18H21NO3/c1-5-22-16-7-6-15(11-17(16)21-4)19-18(20)14-9-12(2)8-13(3)10-14/h6-11H,5H2,1-4H3,(H,19,20). The van der Waals surface area contributed by atoms with E-state index >= 15 is 0 Å². The van der Waals surface area contributed by atoms with Crippen LogP contribution in [0.5, 0.6) is 11.5 Å². The summed E-state index contributed by atoms with van der Waals surface area (Å²) in [5, 5.41) is 2.88. The number of benzene rings is 2. The molecule has 0 aromatic heterocycles. The van der Waals surface area contributed by atoms with Gasteiger partial charge in [-0.3, -0.25) is 4.79 Å². The van der Waals surface area contributed by atoms with Crippen molar-refractivity contribution in [2.75, 3.05) is 19.0 Å². The smallest absolute Gasteiger partial charge is 0.255 e. The predicted octanol–water partition coefficient (Wildman–Crippen LogP) is 3.96. The minimum Gasteiger partial charge on any atom is -0.493 e. The summed E-state index contributed by atoms with van der Waals surface area (Å²) in [7, 11) is 1.58. The number of amides is 1. The zero-order valence-corrected chi connectivity index (χ0v) is 13.4. The number of anilines is 1. The summed E-state index contributed by atoms with van der Waals surface area (Å²) in [6.45, 7) is 6.42. The SMILES string of the molecule is CCOc1ccc(NC(=O)c2cc(C)cc(C)c2)cc1OC. The number of ether oxygens (including phenoxy) is 2. The van der Waals surface area contributed by atoms with Crippen molar-refractivity contribution in [2.45, 2.75) is 20.8 Å². The van der Waals surface area contributed by atoms with Crippen LogP contribution >= 0.6 is 0 Å². The monoisotopic (exact) mass is 299 g/mol. The van der Waals surface area contributed by atoms with Gasteiger partial charge < -0.3 is 14.8 Å². The summed E-state index contributed by atoms with van der Waals surface area (Å²) < 4.78 is 10.8. The summed E-state index contributed by atoms with van der Waals surface area (Å²) >= 11 is 0. The highest BCUT2D eigenvalue weighted by molar-refractivity contribution is 6.04. The molecular formula is C18H21NO3. The Kier molecular flexibility index (Phi) is 5.04. The van der Waals surface area contributed by atoms with E-state index in [-0.39, 0.29) is 5.91 Å². The van der Waals surface area contributed by atoms with Crippen molar-refractivity contribution in [3.63, 3.8) is 0 Å². The second-order valence-electron chi connectivity index (χ2n) is 5.13. The van der Waals surface area contributed by atoms with Gasteiger partial charge in [-0.15, -0.1) is 0 Å². The molecule has 4 nitrogen and oxygen atoms in total. The quantitative estimate of drug-likeness (QED) is 0.909. The number of rotatable bonds is 5. The summed E-state index contributed by atoms with van der Waals surface area (Å²) in [6, 6.07) is 11.1. The molecule has 2 aromatic carbocycles. The molecule has 116 valence electrons. The van der Waals surface area contributed by atoms with Crippen molar-refractivity contribution < 1.29 is 14.3 Å². The third-order valence-electron chi connectivity index (χ3n) is 3.21. The predicted molar refractivity (Wildman–Crippen MR) is 88.0 cm³/mol. The van der Waals surface area contributed by atoms with Crippen LogP contribution in [0.15, 0.2) is 36.4 Å². The van der Waals surface area contributed by atoms with Crippen LogP contribution in [-0.2, 0) is 0 Å². The lowest BCUT2D eigenvalue weighted by Gasteiger charge is -2.12. The van der Waals surface area contributed by atoms with Gasteiger partial charge in [0, 0.05) is 17.3 Å². The molecule has 0 radical (unpaired) electrons. The Morgan fingerprint density at radius 2 is 1.73 bits per heavy atom. The molecule has 1 amide bonds. The first-order valence-corrected chi connectivity index (χ1v) is 7.24. The molecule has 0 bridgehead atoms. The largest absolute Gasteiger partial charge is 0.493 e. The van der Waals surface area contributed by atoms with Crippen LogP contribution < -0.4 is 14.8 Å². The van der Waals surface area contributed by atoms with E-state index in [0.29, 0.717) is 29.4 Å². The Hall–Kier alpha value is -2.49. The molecule has 0 aliphatic rings. The van der Waals surface area contributed by atoms with Crippen LogP contribution in [0, 0.1) is 13.8 Å². The van der Waals surface area contributed by atoms with Gasteiger partial charge in [-0.05, 0) is 45.0 Å². The molecule has 0 fully saturated rings. The summed E-state index contributed by atoms with van der Waals surface area (Å²) in [5.41, 5.74) is 3.44. The zero-order chi connectivity index (χ0) is 16.1. The van der Waals surface area contributed by atoms with Crippen molar-refractivity contribution in [1.82, 2.24) is 0 Å². The number of aryl methyl sites for hydroxylation is 2. The first kappa shape index (κ1) is 15.9. The third kappa shape index (κ3) is 3.79. The number of hydrogen-bond donors (Lipinski definition) is 1. The molecule has 0 aliphatic heterocycles. The fourth-order valence-corrected chi connectivity index (χ4v) is 2.33. The zero-order valence-electron chi connectivity index (χ0n) is 13.4. The molecule has 2 rings (SSSR count). The average Bonchev–Trinajstić information content (AvgIpc) is 2.48. The minimum atomic E-state index is -0.141. The van der Waals surface area contributed by atoms with Gasteiger partial charge >= 0.3 is 0 Å². The maximum absolute atomic E-state index is 12.3. The van der Waals surface area contributed by atoms with Crippen LogP contribution in [0.25, 0.3) is 0 Å². The lowest BCUT2D eigenvalue weighted by molar-refractivity contribution is 0.102. The molecule has 0 aliphatic carbocycles. The molecule has 0 heterocycles. The number of methoxy groups -OCH3 is 1. The Labute approximate surface area is 131 Å². The Morgan fingerprint density at radius 3 is 2.32 bits per heavy atom. The normalized spacial score (nSPS) is 10.2. The summed E-state index contributed by atoms with van der Waals surface area (Å²) in [6.07, 6.45) is 0. The highest BCUT2D eigenvalue weighted by atomic mass is 16.5. The molecule has 0 unspecified atom stereocenters. The van der Waals surface area contributed by atoms with E-state index in [2.05, 4.69) is 5.32 Å². The molecule has 0 atom stereocenters. The maximum atomic E-state index is 12.3. The number of nitrogens with one attached hydrogen (secondary N) is 1. The summed E-state index contributed by atoms with van der Waals surface area (Å²) in [4.78, 5) is 12.3. The first-order chi connectivity index (χ1) is 10.5. The minimum absolute atomic E-state index is 0.141. The van der Waals surface area contributed by atoms with E-state index in [1.165, 1.54) is 0 Å². The first-order valence-electron chi connectivity index (χ1n) is 7.24. The van der Waals surface area contributed by atoms with Gasteiger partial charge in [-0.1, -0.05) is 17.2 Å². The molecule has 1 N–H and O–H groups in total. The van der Waals surface area contributed by atoms with Crippen molar-refractivity contribution >= 4 is 11.6 Å². The van der Waals surface area contributed by atoms with Gasteiger partial charge in [0.2, 0.25) is 0 Å². The number of hydrogen-bond acceptors (Lipinski definition) is 3. The van der Waals surface area contributed by atoms with E-state index in [9.17, 15) is 4.79 Å². The van der Waals surface area contributed by atoms with Crippen LogP contribution in [0.1, 0.15) is 28.4 Å². The second-order valence-corrected chi connectivity index (χ2v) is 5.13. The van der Waals surface area contributed by atoms with Crippen molar-refractivity contribution in [3.05, 3.63) is 53.1 Å². The van der Waals surface area contributed by atoms with Crippen molar-refractivity contribution in [3.8, 4) is 11.5 Å². The lowest BCUT2D eigenvalue weighted by atomic mass is 10.1. The molecule has 4 heteroatoms. The Balaban J connectivity index is 2.21. The average molecular weight is 299 g/mol. The second kappa shape index (κ2) is 6.98. The Morgan fingerprint density at radius 1 is 1.05 bits per heavy atom. The fraction of sp³-hybridized carbons (Fsp3) is 0.278. The van der Waals surface area contributed by atoms with E-state index in [1.807, 2.05) is 39.0 Å². The number of carbonyl (C=O) groups excluding carboxylic acids is 1. The maximum Gasteiger partial charge on any atom is 0.255 e. The topological polar surface area (TPSA) is 47.6 Å². The highest BCUT2D eigenvalue weighted by Crippen LogP contribution is 2.30. The van der Waals surface area contributed by atoms with Gasteiger partial charge in [-0.2, -0.15) is 0 Å². The number of carbonyl (C=O) groups is 1. The van der Waals surface area contributed by atoms with Crippen LogP contribution in [0.4, 0.5) is 5.69 Å². The third-order valence-corrected chi connectivity index (χ3v) is 3.21. The van der Waals surface area contributed by atoms with Gasteiger partial charge in [0.25, 0.3) is 5.91 Å². The van der Waals surface area contributed by atoms with Crippen LogP contribution in [0.3, 0.4) is 0 Å². The molecule has 0 spiro atoms. The van der Waals surface area contributed by atoms with E-state index < -0.39 is 0 Å². The van der Waals surface area contributed by atoms with E-state index in [0.717, 1.165) is 11.1 Å². The molecule has 0 saturated carbocycles. The van der Waals surface area contributed by atoms with Gasteiger partial charge in [0.05, 0.1) is 13.7 Å². The molecule has 0 saturated heterocycles. The van der Waals surface area contributed by atoms with Gasteiger partial charge in [0.1, 0.15) is 0 Å². The molecule has 2 aromatic rings. The Bertz CT molecular complexity index is 660. The van der Waals surface area contributed by atoms with Gasteiger partial charge in [0.15, 0.2) is 11.5 Å². The highest BCUT2D eigenvalue weighted by Gasteiger charge is 2.10. The summed E-state index contributed by atoms with van der Waals surface area (Å²) in [5.74, 6) is 1.12.